The van der Waals surface area contributed by atoms with Gasteiger partial charge in [-0.25, -0.2) is 0 Å². The third-order valence-electron chi connectivity index (χ3n) is 6.09. The van der Waals surface area contributed by atoms with Crippen molar-refractivity contribution in [3.05, 3.63) is 182 Å². The molecule has 0 amide bonds. The summed E-state index contributed by atoms with van der Waals surface area (Å²) in [5.74, 6) is 0. The number of halogens is 2. The van der Waals surface area contributed by atoms with Crippen molar-refractivity contribution in [2.45, 2.75) is 0 Å². The van der Waals surface area contributed by atoms with Crippen molar-refractivity contribution in [3.8, 4) is 0 Å². The molecule has 0 radical (unpaired) electrons. The first-order chi connectivity index (χ1) is 18.9. The average molecular weight is 868 g/mol. The van der Waals surface area contributed by atoms with Crippen molar-refractivity contribution < 1.29 is 0 Å². The van der Waals surface area contributed by atoms with Gasteiger partial charge in [-0.05, 0) is 0 Å². The molecule has 0 bridgehead atoms. The summed E-state index contributed by atoms with van der Waals surface area (Å²) in [5.41, 5.74) is 0. The molecule has 0 aromatic heterocycles. The molecular formula is C36H32Br2Sb2. The second kappa shape index (κ2) is 17.7. The number of benzene rings is 6. The Kier molecular flexibility index (Phi) is 14.3. The average Bonchev–Trinajstić information content (AvgIpc) is 3.01. The quantitative estimate of drug-likeness (QED) is 0.193. The van der Waals surface area contributed by atoms with E-state index in [0.717, 1.165) is 0 Å². The number of hydrogen-bond donors (Lipinski definition) is 0. The minimum atomic E-state index is -1.83. The van der Waals surface area contributed by atoms with E-state index in [0.29, 0.717) is 0 Å². The zero-order valence-electron chi connectivity index (χ0n) is 22.0. The first-order valence-corrected chi connectivity index (χ1v) is 20.5. The fraction of sp³-hybridized carbons (Fsp3) is 0. The van der Waals surface area contributed by atoms with Gasteiger partial charge in [-0.3, -0.25) is 0 Å². The van der Waals surface area contributed by atoms with Gasteiger partial charge in [0.1, 0.15) is 0 Å². The maximum absolute atomic E-state index is 2.28. The summed E-state index contributed by atoms with van der Waals surface area (Å²) in [6.07, 6.45) is 0. The van der Waals surface area contributed by atoms with Crippen LogP contribution in [0.25, 0.3) is 0 Å². The molecule has 0 aliphatic rings. The molecule has 0 saturated heterocycles. The van der Waals surface area contributed by atoms with Gasteiger partial charge in [-0.1, -0.05) is 0 Å². The molecule has 0 nitrogen and oxygen atoms in total. The summed E-state index contributed by atoms with van der Waals surface area (Å²) >= 11 is -3.65. The van der Waals surface area contributed by atoms with Crippen molar-refractivity contribution in [1.29, 1.82) is 0 Å². The molecule has 0 unspecified atom stereocenters. The Bertz CT molecular complexity index is 1180. The molecule has 0 N–H and O–H groups in total. The van der Waals surface area contributed by atoms with Gasteiger partial charge in [-0.15, -0.1) is 34.0 Å². The van der Waals surface area contributed by atoms with Crippen molar-refractivity contribution in [2.75, 3.05) is 0 Å². The van der Waals surface area contributed by atoms with Crippen LogP contribution in [0.15, 0.2) is 182 Å². The molecule has 0 spiro atoms. The molecule has 200 valence electrons. The van der Waals surface area contributed by atoms with Crippen LogP contribution in [0.3, 0.4) is 0 Å². The van der Waals surface area contributed by atoms with Crippen molar-refractivity contribution in [1.82, 2.24) is 0 Å². The third-order valence-corrected chi connectivity index (χ3v) is 20.0. The predicted molar refractivity (Wildman–Crippen MR) is 189 cm³/mol. The summed E-state index contributed by atoms with van der Waals surface area (Å²) in [7, 11) is 0. The fourth-order valence-corrected chi connectivity index (χ4v) is 17.5. The summed E-state index contributed by atoms with van der Waals surface area (Å²) in [4.78, 5) is 0. The summed E-state index contributed by atoms with van der Waals surface area (Å²) in [6.45, 7) is 0. The number of rotatable bonds is 6. The molecule has 6 aromatic rings. The zero-order chi connectivity index (χ0) is 25.8. The van der Waals surface area contributed by atoms with Crippen molar-refractivity contribution in [2.24, 2.45) is 0 Å². The maximum atomic E-state index is 2.28. The molecule has 0 atom stereocenters. The fourth-order valence-electron chi connectivity index (χ4n) is 4.36. The molecule has 0 aliphatic carbocycles. The summed E-state index contributed by atoms with van der Waals surface area (Å²) in [5, 5.41) is 0. The van der Waals surface area contributed by atoms with Gasteiger partial charge in [0.05, 0.1) is 0 Å². The Morgan fingerprint density at radius 1 is 0.200 bits per heavy atom. The molecule has 40 heavy (non-hydrogen) atoms. The molecule has 0 saturated carbocycles. The molecule has 0 aliphatic heterocycles. The van der Waals surface area contributed by atoms with Gasteiger partial charge >= 0.3 is 243 Å². The van der Waals surface area contributed by atoms with E-state index in [1.807, 2.05) is 0 Å². The van der Waals surface area contributed by atoms with Crippen LogP contribution in [0.1, 0.15) is 0 Å². The predicted octanol–water partition coefficient (Wildman–Crippen LogP) is 5.56. The van der Waals surface area contributed by atoms with Crippen LogP contribution < -0.4 is 21.1 Å². The molecule has 0 fully saturated rings. The zero-order valence-corrected chi connectivity index (χ0v) is 30.6. The van der Waals surface area contributed by atoms with Gasteiger partial charge in [0.2, 0.25) is 0 Å². The van der Waals surface area contributed by atoms with E-state index in [1.54, 1.807) is 0 Å². The third kappa shape index (κ3) is 8.96. The van der Waals surface area contributed by atoms with Crippen LogP contribution in [0.5, 0.6) is 0 Å². The molecule has 0 heterocycles. The molecule has 4 heteroatoms. The normalized spacial score (nSPS) is 10.1. The van der Waals surface area contributed by atoms with Crippen LogP contribution in [-0.4, -0.2) is 40.4 Å². The van der Waals surface area contributed by atoms with Crippen LogP contribution in [0.4, 0.5) is 0 Å². The second-order valence-corrected chi connectivity index (χ2v) is 21.4. The Balaban J connectivity index is 0.000000210. The Hall–Kier alpha value is -2.08. The Morgan fingerprint density at radius 2 is 0.325 bits per heavy atom. The van der Waals surface area contributed by atoms with Crippen LogP contribution in [-0.2, 0) is 0 Å². The summed E-state index contributed by atoms with van der Waals surface area (Å²) < 4.78 is 9.10. The standard InChI is InChI=1S/6C6H5.2BrH.2Sb/c6*1-2-4-6-5-3-1;;;;/h6*1-5H;2*1H;;. The van der Waals surface area contributed by atoms with Crippen molar-refractivity contribution in [3.63, 3.8) is 0 Å². The van der Waals surface area contributed by atoms with Gasteiger partial charge in [-0.2, -0.15) is 0 Å². The van der Waals surface area contributed by atoms with Crippen LogP contribution in [0, 0.1) is 0 Å². The first kappa shape index (κ1) is 32.4. The summed E-state index contributed by atoms with van der Waals surface area (Å²) in [6, 6.07) is 65.8. The van der Waals surface area contributed by atoms with Crippen molar-refractivity contribution >= 4 is 95.4 Å². The van der Waals surface area contributed by atoms with Gasteiger partial charge in [0, 0.05) is 0 Å². The van der Waals surface area contributed by atoms with Gasteiger partial charge < -0.3 is 0 Å². The first-order valence-electron chi connectivity index (χ1n) is 12.8. The molecule has 6 aromatic carbocycles. The molecule has 6 rings (SSSR count). The molecular weight excluding hydrogens is 836 g/mol. The van der Waals surface area contributed by atoms with E-state index in [-0.39, 0.29) is 34.0 Å². The minimum absolute atomic E-state index is 0. The van der Waals surface area contributed by atoms with Gasteiger partial charge in [0.15, 0.2) is 0 Å². The van der Waals surface area contributed by atoms with Crippen LogP contribution in [0.2, 0.25) is 0 Å². The number of hydrogen-bond acceptors (Lipinski definition) is 0. The van der Waals surface area contributed by atoms with E-state index >= 15 is 0 Å². The topological polar surface area (TPSA) is 0 Å². The Morgan fingerprint density at radius 3 is 0.450 bits per heavy atom. The van der Waals surface area contributed by atoms with E-state index in [9.17, 15) is 0 Å². The van der Waals surface area contributed by atoms with E-state index in [2.05, 4.69) is 182 Å². The Labute approximate surface area is 274 Å². The van der Waals surface area contributed by atoms with E-state index in [4.69, 9.17) is 0 Å². The van der Waals surface area contributed by atoms with E-state index < -0.39 is 40.4 Å². The van der Waals surface area contributed by atoms with Crippen LogP contribution >= 0.6 is 34.0 Å². The monoisotopic (exact) mass is 864 g/mol. The SMILES string of the molecule is Br.Br.c1cc[c]([Sb]([c]2ccccc2)[c]2ccccc2)cc1.c1cc[c]([Sb]([c]2ccccc2)[c]2ccccc2)cc1. The second-order valence-electron chi connectivity index (χ2n) is 8.68. The van der Waals surface area contributed by atoms with Gasteiger partial charge in [0.25, 0.3) is 0 Å². The van der Waals surface area contributed by atoms with E-state index in [1.165, 1.54) is 21.1 Å².